The van der Waals surface area contributed by atoms with Crippen LogP contribution >= 0.6 is 23.1 Å². The monoisotopic (exact) mass is 478 g/mol. The van der Waals surface area contributed by atoms with Crippen molar-refractivity contribution in [2.45, 2.75) is 69.5 Å². The third-order valence-electron chi connectivity index (χ3n) is 6.68. The quantitative estimate of drug-likeness (QED) is 0.428. The molecule has 2 aliphatic rings. The zero-order valence-corrected chi connectivity index (χ0v) is 20.5. The minimum absolute atomic E-state index is 0.0569. The summed E-state index contributed by atoms with van der Waals surface area (Å²) in [5.41, 5.74) is 3.25. The number of nitrogens with zero attached hydrogens (tertiary/aromatic N) is 3. The van der Waals surface area contributed by atoms with Gasteiger partial charge >= 0.3 is 0 Å². The number of hydrogen-bond donors (Lipinski definition) is 1. The van der Waals surface area contributed by atoms with Gasteiger partial charge in [-0.05, 0) is 76.0 Å². The molecule has 1 saturated carbocycles. The number of nitriles is 1. The Morgan fingerprint density at radius 2 is 2.06 bits per heavy atom. The Hall–Kier alpha value is -2.63. The lowest BCUT2D eigenvalue weighted by atomic mass is 10.0. The topological polar surface area (TPSA) is 87.8 Å². The molecule has 0 radical (unpaired) electrons. The van der Waals surface area contributed by atoms with Gasteiger partial charge in [0.1, 0.15) is 10.4 Å². The second kappa shape index (κ2) is 8.62. The molecule has 0 saturated heterocycles. The van der Waals surface area contributed by atoms with Gasteiger partial charge in [0.05, 0.1) is 22.9 Å². The van der Waals surface area contributed by atoms with Gasteiger partial charge in [-0.15, -0.1) is 11.3 Å². The zero-order chi connectivity index (χ0) is 23.2. The Labute approximate surface area is 201 Å². The van der Waals surface area contributed by atoms with E-state index in [0.717, 1.165) is 64.7 Å². The van der Waals surface area contributed by atoms with Crippen LogP contribution < -0.4 is 10.9 Å². The molecule has 6 nitrogen and oxygen atoms in total. The van der Waals surface area contributed by atoms with Crippen molar-refractivity contribution in [3.63, 3.8) is 0 Å². The van der Waals surface area contributed by atoms with E-state index >= 15 is 0 Å². The van der Waals surface area contributed by atoms with Crippen molar-refractivity contribution >= 4 is 39.2 Å². The molecule has 3 aromatic rings. The van der Waals surface area contributed by atoms with Gasteiger partial charge in [0.25, 0.3) is 5.56 Å². The van der Waals surface area contributed by atoms with E-state index in [4.69, 9.17) is 4.98 Å². The standard InChI is InChI=1S/C25H26N4O2S2/c1-15-8-9-18(16(2)12-15)29-23(31)21-17-6-5-7-19(17)33-22(21)27-24(29)32-13-20(30)28-25(14-26)10-3-4-11-25/h8-9,12H,3-7,10-11,13H2,1-2H3,(H,28,30). The highest BCUT2D eigenvalue weighted by atomic mass is 32.2. The van der Waals surface area contributed by atoms with Crippen LogP contribution in [0.15, 0.2) is 28.2 Å². The molecule has 2 aromatic heterocycles. The van der Waals surface area contributed by atoms with E-state index in [1.54, 1.807) is 15.9 Å². The molecule has 1 N–H and O–H groups in total. The predicted octanol–water partition coefficient (Wildman–Crippen LogP) is 4.60. The van der Waals surface area contributed by atoms with Crippen LogP contribution in [-0.4, -0.2) is 26.8 Å². The molecular formula is C25H26N4O2S2. The second-order valence-electron chi connectivity index (χ2n) is 9.10. The fourth-order valence-corrected chi connectivity index (χ4v) is 7.17. The second-order valence-corrected chi connectivity index (χ2v) is 11.1. The molecule has 2 heterocycles. The number of benzene rings is 1. The van der Waals surface area contributed by atoms with Gasteiger partial charge in [-0.3, -0.25) is 14.2 Å². The first-order chi connectivity index (χ1) is 15.9. The number of carbonyl (C=O) groups excluding carboxylic acids is 1. The van der Waals surface area contributed by atoms with Crippen LogP contribution in [0.1, 0.15) is 53.7 Å². The molecule has 1 amide bonds. The van der Waals surface area contributed by atoms with Crippen LogP contribution in [0.4, 0.5) is 0 Å². The molecule has 2 aliphatic carbocycles. The maximum absolute atomic E-state index is 13.8. The number of aromatic nitrogens is 2. The highest BCUT2D eigenvalue weighted by molar-refractivity contribution is 7.99. The Balaban J connectivity index is 1.54. The number of carbonyl (C=O) groups is 1. The molecule has 8 heteroatoms. The van der Waals surface area contributed by atoms with Gasteiger partial charge in [-0.25, -0.2) is 4.98 Å². The summed E-state index contributed by atoms with van der Waals surface area (Å²) in [6.07, 6.45) is 6.29. The molecule has 0 atom stereocenters. The summed E-state index contributed by atoms with van der Waals surface area (Å²) < 4.78 is 1.68. The molecule has 0 unspecified atom stereocenters. The maximum Gasteiger partial charge on any atom is 0.267 e. The number of fused-ring (bicyclic) bond motifs is 3. The summed E-state index contributed by atoms with van der Waals surface area (Å²) in [6.45, 7) is 4.02. The zero-order valence-electron chi connectivity index (χ0n) is 18.9. The SMILES string of the molecule is Cc1ccc(-n2c(SCC(=O)NC3(C#N)CCCC3)nc3sc4c(c3c2=O)CCC4)c(C)c1. The minimum atomic E-state index is -0.753. The lowest BCUT2D eigenvalue weighted by Crippen LogP contribution is -2.45. The number of rotatable bonds is 5. The van der Waals surface area contributed by atoms with Gasteiger partial charge in [-0.1, -0.05) is 29.5 Å². The molecule has 170 valence electrons. The highest BCUT2D eigenvalue weighted by Gasteiger charge is 2.35. The summed E-state index contributed by atoms with van der Waals surface area (Å²) in [7, 11) is 0. The summed E-state index contributed by atoms with van der Waals surface area (Å²) in [5.74, 6) is -0.0872. The number of thioether (sulfide) groups is 1. The Morgan fingerprint density at radius 3 is 2.79 bits per heavy atom. The van der Waals surface area contributed by atoms with Gasteiger partial charge in [0.15, 0.2) is 5.16 Å². The van der Waals surface area contributed by atoms with Crippen molar-refractivity contribution in [1.29, 1.82) is 5.26 Å². The summed E-state index contributed by atoms with van der Waals surface area (Å²) in [4.78, 5) is 33.5. The maximum atomic E-state index is 13.8. The van der Waals surface area contributed by atoms with Crippen molar-refractivity contribution in [3.8, 4) is 11.8 Å². The predicted molar refractivity (Wildman–Crippen MR) is 132 cm³/mol. The number of thiophene rings is 1. The average molecular weight is 479 g/mol. The van der Waals surface area contributed by atoms with Gasteiger partial charge < -0.3 is 5.32 Å². The third-order valence-corrected chi connectivity index (χ3v) is 8.81. The van der Waals surface area contributed by atoms with E-state index in [0.29, 0.717) is 18.0 Å². The summed E-state index contributed by atoms with van der Waals surface area (Å²) >= 11 is 2.87. The van der Waals surface area contributed by atoms with Crippen molar-refractivity contribution in [2.75, 3.05) is 5.75 Å². The lowest BCUT2D eigenvalue weighted by Gasteiger charge is -2.22. The minimum Gasteiger partial charge on any atom is -0.337 e. The van der Waals surface area contributed by atoms with Crippen molar-refractivity contribution < 1.29 is 4.79 Å². The number of hydrogen-bond acceptors (Lipinski definition) is 6. The fourth-order valence-electron chi connectivity index (χ4n) is 5.07. The Morgan fingerprint density at radius 1 is 1.27 bits per heavy atom. The fraction of sp³-hybridized carbons (Fsp3) is 0.440. The van der Waals surface area contributed by atoms with Gasteiger partial charge in [-0.2, -0.15) is 5.26 Å². The first kappa shape index (κ1) is 22.2. The summed E-state index contributed by atoms with van der Waals surface area (Å²) in [5, 5.41) is 13.8. The molecule has 5 rings (SSSR count). The lowest BCUT2D eigenvalue weighted by molar-refractivity contribution is -0.119. The van der Waals surface area contributed by atoms with Crippen LogP contribution in [-0.2, 0) is 17.6 Å². The first-order valence-corrected chi connectivity index (χ1v) is 13.2. The Kier molecular flexibility index (Phi) is 5.79. The van der Waals surface area contributed by atoms with Gasteiger partial charge in [0.2, 0.25) is 5.91 Å². The van der Waals surface area contributed by atoms with E-state index in [2.05, 4.69) is 17.5 Å². The highest BCUT2D eigenvalue weighted by Crippen LogP contribution is 2.36. The normalized spacial score (nSPS) is 16.6. The van der Waals surface area contributed by atoms with Gasteiger partial charge in [0, 0.05) is 4.88 Å². The molecule has 1 aromatic carbocycles. The van der Waals surface area contributed by atoms with Crippen LogP contribution in [0.5, 0.6) is 0 Å². The van der Waals surface area contributed by atoms with Crippen molar-refractivity contribution in [1.82, 2.24) is 14.9 Å². The van der Waals surface area contributed by atoms with Crippen LogP contribution in [0.2, 0.25) is 0 Å². The van der Waals surface area contributed by atoms with Crippen LogP contribution in [0.3, 0.4) is 0 Å². The van der Waals surface area contributed by atoms with E-state index in [1.165, 1.54) is 16.6 Å². The molecule has 33 heavy (non-hydrogen) atoms. The third kappa shape index (κ3) is 3.98. The number of amides is 1. The van der Waals surface area contributed by atoms with Crippen LogP contribution in [0, 0.1) is 25.2 Å². The molecule has 0 aliphatic heterocycles. The number of aryl methyl sites for hydroxylation is 4. The van der Waals surface area contributed by atoms with E-state index in [1.807, 2.05) is 26.0 Å². The largest absolute Gasteiger partial charge is 0.337 e. The smallest absolute Gasteiger partial charge is 0.267 e. The van der Waals surface area contributed by atoms with E-state index in [9.17, 15) is 14.9 Å². The molecular weight excluding hydrogens is 452 g/mol. The molecule has 1 fully saturated rings. The Bertz CT molecular complexity index is 1360. The number of nitrogens with one attached hydrogen (secondary N) is 1. The molecule has 0 spiro atoms. The van der Waals surface area contributed by atoms with Crippen molar-refractivity contribution in [2.24, 2.45) is 0 Å². The van der Waals surface area contributed by atoms with E-state index in [-0.39, 0.29) is 17.2 Å². The molecule has 0 bridgehead atoms. The van der Waals surface area contributed by atoms with E-state index < -0.39 is 5.54 Å². The van der Waals surface area contributed by atoms with Crippen molar-refractivity contribution in [3.05, 3.63) is 50.1 Å². The summed E-state index contributed by atoms with van der Waals surface area (Å²) in [6, 6.07) is 8.31. The van der Waals surface area contributed by atoms with Crippen LogP contribution in [0.25, 0.3) is 15.9 Å². The average Bonchev–Trinajstić information content (AvgIpc) is 3.50. The first-order valence-electron chi connectivity index (χ1n) is 11.4.